The minimum atomic E-state index is -0.156. The molecule has 1 heterocycles. The van der Waals surface area contributed by atoms with Crippen molar-refractivity contribution in [3.63, 3.8) is 0 Å². The molecule has 5 nitrogen and oxygen atoms in total. The molecular weight excluding hydrogens is 302 g/mol. The molecule has 1 atom stereocenters. The number of carbonyl (C=O) groups excluding carboxylic acids is 1. The number of amides is 1. The topological polar surface area (TPSA) is 67.0 Å². The fourth-order valence-electron chi connectivity index (χ4n) is 2.61. The van der Waals surface area contributed by atoms with Gasteiger partial charge in [0.05, 0.1) is 23.7 Å². The molecule has 0 fully saturated rings. The first kappa shape index (κ1) is 16.1. The standard InChI is InChI=1S/C19H21N3O2/c1-3-15(18-20-16-7-5-6-8-17(16)21-18)22-19(23)13-9-11-14(12-10-13)24-4-2/h5-12,15H,3-4H2,1-2H3,(H,20,21)(H,22,23). The molecule has 3 rings (SSSR count). The molecule has 0 saturated heterocycles. The predicted molar refractivity (Wildman–Crippen MR) is 94.2 cm³/mol. The Morgan fingerprint density at radius 1 is 1.17 bits per heavy atom. The molecule has 0 saturated carbocycles. The van der Waals surface area contributed by atoms with Crippen molar-refractivity contribution in [1.29, 1.82) is 0 Å². The second kappa shape index (κ2) is 7.17. The normalized spacial score (nSPS) is 12.1. The van der Waals surface area contributed by atoms with Crippen LogP contribution in [0.3, 0.4) is 0 Å². The lowest BCUT2D eigenvalue weighted by Gasteiger charge is -2.15. The molecule has 124 valence electrons. The number of carbonyl (C=O) groups is 1. The van der Waals surface area contributed by atoms with Crippen LogP contribution < -0.4 is 10.1 Å². The minimum Gasteiger partial charge on any atom is -0.494 e. The number of nitrogens with zero attached hydrogens (tertiary/aromatic N) is 1. The van der Waals surface area contributed by atoms with Crippen molar-refractivity contribution in [2.75, 3.05) is 6.61 Å². The van der Waals surface area contributed by atoms with Crippen molar-refractivity contribution >= 4 is 16.9 Å². The third kappa shape index (κ3) is 3.40. The van der Waals surface area contributed by atoms with Crippen molar-refractivity contribution in [2.24, 2.45) is 0 Å². The molecule has 0 bridgehead atoms. The molecule has 2 N–H and O–H groups in total. The quantitative estimate of drug-likeness (QED) is 0.724. The molecule has 1 amide bonds. The number of aromatic amines is 1. The lowest BCUT2D eigenvalue weighted by Crippen LogP contribution is -2.28. The van der Waals surface area contributed by atoms with E-state index in [1.165, 1.54) is 0 Å². The molecule has 0 aliphatic heterocycles. The zero-order chi connectivity index (χ0) is 16.9. The summed E-state index contributed by atoms with van der Waals surface area (Å²) in [7, 11) is 0. The molecule has 3 aromatic rings. The number of imidazole rings is 1. The SMILES string of the molecule is CCOc1ccc(C(=O)NC(CC)c2nc3ccccc3[nH]2)cc1. The van der Waals surface area contributed by atoms with Gasteiger partial charge in [-0.05, 0) is 49.7 Å². The van der Waals surface area contributed by atoms with E-state index >= 15 is 0 Å². The van der Waals surface area contributed by atoms with Crippen LogP contribution in [0.5, 0.6) is 5.75 Å². The van der Waals surface area contributed by atoms with Crippen molar-refractivity contribution in [2.45, 2.75) is 26.3 Å². The first-order chi connectivity index (χ1) is 11.7. The van der Waals surface area contributed by atoms with Crippen LogP contribution in [0.2, 0.25) is 0 Å². The first-order valence-electron chi connectivity index (χ1n) is 8.19. The van der Waals surface area contributed by atoms with E-state index < -0.39 is 0 Å². The van der Waals surface area contributed by atoms with Gasteiger partial charge in [0, 0.05) is 5.56 Å². The van der Waals surface area contributed by atoms with Crippen LogP contribution in [0.4, 0.5) is 0 Å². The summed E-state index contributed by atoms with van der Waals surface area (Å²) in [5, 5.41) is 3.04. The van der Waals surface area contributed by atoms with E-state index in [1.54, 1.807) is 24.3 Å². The summed E-state index contributed by atoms with van der Waals surface area (Å²) in [6, 6.07) is 14.8. The molecule has 1 unspecified atom stereocenters. The van der Waals surface area contributed by atoms with Crippen LogP contribution in [-0.2, 0) is 0 Å². The van der Waals surface area contributed by atoms with Crippen molar-refractivity contribution in [1.82, 2.24) is 15.3 Å². The Morgan fingerprint density at radius 3 is 2.58 bits per heavy atom. The minimum absolute atomic E-state index is 0.120. The molecule has 1 aromatic heterocycles. The summed E-state index contributed by atoms with van der Waals surface area (Å²) in [5.74, 6) is 1.42. The first-order valence-corrected chi connectivity index (χ1v) is 8.19. The molecule has 0 spiro atoms. The molecule has 0 radical (unpaired) electrons. The fourth-order valence-corrected chi connectivity index (χ4v) is 2.61. The smallest absolute Gasteiger partial charge is 0.251 e. The number of para-hydroxylation sites is 2. The maximum Gasteiger partial charge on any atom is 0.251 e. The zero-order valence-corrected chi connectivity index (χ0v) is 13.9. The second-order valence-electron chi connectivity index (χ2n) is 5.53. The summed E-state index contributed by atoms with van der Waals surface area (Å²) in [6.45, 7) is 4.56. The number of fused-ring (bicyclic) bond motifs is 1. The highest BCUT2D eigenvalue weighted by Gasteiger charge is 2.17. The number of nitrogens with one attached hydrogen (secondary N) is 2. The Labute approximate surface area is 141 Å². The highest BCUT2D eigenvalue weighted by Crippen LogP contribution is 2.19. The average molecular weight is 323 g/mol. The van der Waals surface area contributed by atoms with Crippen LogP contribution in [0.1, 0.15) is 42.5 Å². The number of aromatic nitrogens is 2. The Balaban J connectivity index is 1.75. The Bertz CT molecular complexity index is 791. The summed E-state index contributed by atoms with van der Waals surface area (Å²) in [5.41, 5.74) is 2.48. The van der Waals surface area contributed by atoms with Gasteiger partial charge < -0.3 is 15.0 Å². The Kier molecular flexibility index (Phi) is 4.79. The summed E-state index contributed by atoms with van der Waals surface area (Å²) >= 11 is 0. The van der Waals surface area contributed by atoms with Crippen LogP contribution in [0.25, 0.3) is 11.0 Å². The van der Waals surface area contributed by atoms with E-state index in [0.717, 1.165) is 29.0 Å². The number of hydrogen-bond donors (Lipinski definition) is 2. The van der Waals surface area contributed by atoms with E-state index in [0.29, 0.717) is 12.2 Å². The number of hydrogen-bond acceptors (Lipinski definition) is 3. The number of ether oxygens (including phenoxy) is 1. The summed E-state index contributed by atoms with van der Waals surface area (Å²) < 4.78 is 5.40. The van der Waals surface area contributed by atoms with Crippen molar-refractivity contribution < 1.29 is 9.53 Å². The lowest BCUT2D eigenvalue weighted by molar-refractivity contribution is 0.0934. The van der Waals surface area contributed by atoms with E-state index in [1.807, 2.05) is 38.1 Å². The van der Waals surface area contributed by atoms with Crippen molar-refractivity contribution in [3.05, 3.63) is 59.9 Å². The lowest BCUT2D eigenvalue weighted by atomic mass is 10.1. The molecule has 0 aliphatic carbocycles. The number of rotatable bonds is 6. The van der Waals surface area contributed by atoms with E-state index in [2.05, 4.69) is 15.3 Å². The molecule has 5 heteroatoms. The Morgan fingerprint density at radius 2 is 1.92 bits per heavy atom. The second-order valence-corrected chi connectivity index (χ2v) is 5.53. The van der Waals surface area contributed by atoms with E-state index in [4.69, 9.17) is 4.74 Å². The van der Waals surface area contributed by atoms with Crippen LogP contribution in [-0.4, -0.2) is 22.5 Å². The Hall–Kier alpha value is -2.82. The third-order valence-corrected chi connectivity index (χ3v) is 3.88. The summed E-state index contributed by atoms with van der Waals surface area (Å²) in [6.07, 6.45) is 0.753. The predicted octanol–water partition coefficient (Wildman–Crippen LogP) is 3.84. The average Bonchev–Trinajstić information content (AvgIpc) is 3.04. The molecule has 24 heavy (non-hydrogen) atoms. The monoisotopic (exact) mass is 323 g/mol. The van der Waals surface area contributed by atoms with Gasteiger partial charge in [0.2, 0.25) is 0 Å². The van der Waals surface area contributed by atoms with Crippen LogP contribution in [0.15, 0.2) is 48.5 Å². The zero-order valence-electron chi connectivity index (χ0n) is 13.9. The van der Waals surface area contributed by atoms with Gasteiger partial charge in [0.1, 0.15) is 11.6 Å². The van der Waals surface area contributed by atoms with Gasteiger partial charge in [-0.25, -0.2) is 4.98 Å². The van der Waals surface area contributed by atoms with Gasteiger partial charge in [-0.2, -0.15) is 0 Å². The number of benzene rings is 2. The van der Waals surface area contributed by atoms with Gasteiger partial charge in [-0.3, -0.25) is 4.79 Å². The third-order valence-electron chi connectivity index (χ3n) is 3.88. The molecule has 0 aliphatic rings. The maximum absolute atomic E-state index is 12.5. The maximum atomic E-state index is 12.5. The fraction of sp³-hybridized carbons (Fsp3) is 0.263. The van der Waals surface area contributed by atoms with E-state index in [-0.39, 0.29) is 11.9 Å². The number of H-pyrrole nitrogens is 1. The van der Waals surface area contributed by atoms with Crippen LogP contribution in [0, 0.1) is 0 Å². The van der Waals surface area contributed by atoms with Crippen LogP contribution >= 0.6 is 0 Å². The molecule has 2 aromatic carbocycles. The molecular formula is C19H21N3O2. The van der Waals surface area contributed by atoms with E-state index in [9.17, 15) is 4.79 Å². The van der Waals surface area contributed by atoms with Gasteiger partial charge in [-0.1, -0.05) is 19.1 Å². The van der Waals surface area contributed by atoms with Gasteiger partial charge in [0.25, 0.3) is 5.91 Å². The largest absolute Gasteiger partial charge is 0.494 e. The van der Waals surface area contributed by atoms with Gasteiger partial charge in [0.15, 0.2) is 0 Å². The van der Waals surface area contributed by atoms with Gasteiger partial charge >= 0.3 is 0 Å². The highest BCUT2D eigenvalue weighted by molar-refractivity contribution is 5.94. The van der Waals surface area contributed by atoms with Gasteiger partial charge in [-0.15, -0.1) is 0 Å². The highest BCUT2D eigenvalue weighted by atomic mass is 16.5. The van der Waals surface area contributed by atoms with Crippen molar-refractivity contribution in [3.8, 4) is 5.75 Å². The summed E-state index contributed by atoms with van der Waals surface area (Å²) in [4.78, 5) is 20.3.